The third-order valence-electron chi connectivity index (χ3n) is 5.18. The van der Waals surface area contributed by atoms with Gasteiger partial charge < -0.3 is 9.47 Å². The summed E-state index contributed by atoms with van der Waals surface area (Å²) in [6.07, 6.45) is 1.39. The van der Waals surface area contributed by atoms with Crippen LogP contribution in [0.25, 0.3) is 6.08 Å². The predicted octanol–water partition coefficient (Wildman–Crippen LogP) is 4.90. The van der Waals surface area contributed by atoms with Gasteiger partial charge in [-0.05, 0) is 60.5 Å². The van der Waals surface area contributed by atoms with Gasteiger partial charge in [-0.2, -0.15) is 0 Å². The number of imide groups is 2. The van der Waals surface area contributed by atoms with Crippen molar-refractivity contribution < 1.29 is 23.9 Å². The summed E-state index contributed by atoms with van der Waals surface area (Å²) in [5.74, 6) is -0.481. The van der Waals surface area contributed by atoms with Gasteiger partial charge in [0.15, 0.2) is 0 Å². The number of aryl methyl sites for hydroxylation is 1. The van der Waals surface area contributed by atoms with Crippen molar-refractivity contribution in [3.63, 3.8) is 0 Å². The van der Waals surface area contributed by atoms with Gasteiger partial charge in [0.1, 0.15) is 23.7 Å². The van der Waals surface area contributed by atoms with Crippen molar-refractivity contribution in [2.45, 2.75) is 13.5 Å². The molecule has 0 spiro atoms. The van der Waals surface area contributed by atoms with E-state index in [4.69, 9.17) is 21.1 Å². The molecule has 34 heavy (non-hydrogen) atoms. The minimum atomic E-state index is -0.824. The summed E-state index contributed by atoms with van der Waals surface area (Å²) in [4.78, 5) is 38.7. The molecule has 0 bridgehead atoms. The zero-order chi connectivity index (χ0) is 24.2. The highest BCUT2D eigenvalue weighted by atomic mass is 35.5. The first kappa shape index (κ1) is 23.1. The number of nitrogens with one attached hydrogen (secondary N) is 1. The number of halogens is 1. The second-order valence-corrected chi connectivity index (χ2v) is 8.03. The third kappa shape index (κ3) is 4.94. The van der Waals surface area contributed by atoms with Crippen molar-refractivity contribution in [1.82, 2.24) is 5.32 Å². The Morgan fingerprint density at radius 1 is 1.00 bits per heavy atom. The molecule has 1 aliphatic rings. The quantitative estimate of drug-likeness (QED) is 0.404. The molecular weight excluding hydrogens is 456 g/mol. The highest BCUT2D eigenvalue weighted by Crippen LogP contribution is 2.29. The van der Waals surface area contributed by atoms with Crippen LogP contribution in [-0.4, -0.2) is 25.0 Å². The van der Waals surface area contributed by atoms with Crippen LogP contribution in [0.4, 0.5) is 10.5 Å². The molecule has 3 aromatic rings. The minimum Gasteiger partial charge on any atom is -0.497 e. The molecule has 172 valence electrons. The lowest BCUT2D eigenvalue weighted by atomic mass is 10.1. The van der Waals surface area contributed by atoms with Gasteiger partial charge in [-0.1, -0.05) is 47.5 Å². The number of carbonyl (C=O) groups is 3. The minimum absolute atomic E-state index is 0.195. The van der Waals surface area contributed by atoms with Crippen LogP contribution < -0.4 is 19.7 Å². The molecule has 1 aliphatic heterocycles. The van der Waals surface area contributed by atoms with Gasteiger partial charge in [-0.15, -0.1) is 0 Å². The fourth-order valence-corrected chi connectivity index (χ4v) is 3.72. The highest BCUT2D eigenvalue weighted by Gasteiger charge is 2.36. The number of urea groups is 1. The van der Waals surface area contributed by atoms with Gasteiger partial charge in [0.25, 0.3) is 11.8 Å². The van der Waals surface area contributed by atoms with Crippen LogP contribution in [-0.2, 0) is 16.2 Å². The largest absolute Gasteiger partial charge is 0.497 e. The second kappa shape index (κ2) is 9.80. The molecule has 3 aromatic carbocycles. The van der Waals surface area contributed by atoms with Crippen molar-refractivity contribution >= 4 is 41.2 Å². The van der Waals surface area contributed by atoms with Crippen molar-refractivity contribution in [1.29, 1.82) is 0 Å². The summed E-state index contributed by atoms with van der Waals surface area (Å²) in [5, 5.41) is 2.52. The monoisotopic (exact) mass is 476 g/mol. The molecule has 0 aromatic heterocycles. The molecular formula is C26H21ClN2O5. The number of hydrogen-bond acceptors (Lipinski definition) is 5. The SMILES string of the molecule is COc1ccc(N2C(=O)NC(=O)/C(=C\c3ccc(OCc4cccc(C)c4)c(Cl)c3)C2=O)cc1. The van der Waals surface area contributed by atoms with E-state index >= 15 is 0 Å². The van der Waals surface area contributed by atoms with Crippen LogP contribution in [0.15, 0.2) is 72.3 Å². The zero-order valence-electron chi connectivity index (χ0n) is 18.5. The summed E-state index contributed by atoms with van der Waals surface area (Å²) in [6.45, 7) is 2.35. The first-order valence-corrected chi connectivity index (χ1v) is 10.8. The second-order valence-electron chi connectivity index (χ2n) is 7.62. The van der Waals surface area contributed by atoms with Crippen molar-refractivity contribution in [3.05, 3.63) is 94.0 Å². The lowest BCUT2D eigenvalue weighted by Gasteiger charge is -2.26. The Morgan fingerprint density at radius 2 is 1.76 bits per heavy atom. The lowest BCUT2D eigenvalue weighted by Crippen LogP contribution is -2.54. The van der Waals surface area contributed by atoms with Crippen molar-refractivity contribution in [2.24, 2.45) is 0 Å². The van der Waals surface area contributed by atoms with Gasteiger partial charge in [0.2, 0.25) is 0 Å². The van der Waals surface area contributed by atoms with E-state index in [0.717, 1.165) is 16.0 Å². The van der Waals surface area contributed by atoms with E-state index < -0.39 is 17.8 Å². The average Bonchev–Trinajstić information content (AvgIpc) is 2.81. The smallest absolute Gasteiger partial charge is 0.335 e. The van der Waals surface area contributed by atoms with Gasteiger partial charge in [-0.25, -0.2) is 9.69 Å². The van der Waals surface area contributed by atoms with Crippen LogP contribution in [0.5, 0.6) is 11.5 Å². The number of benzene rings is 3. The van der Waals surface area contributed by atoms with Gasteiger partial charge in [-0.3, -0.25) is 14.9 Å². The Bertz CT molecular complexity index is 1300. The number of anilines is 1. The normalized spacial score (nSPS) is 14.9. The number of rotatable bonds is 6. The molecule has 0 saturated carbocycles. The lowest BCUT2D eigenvalue weighted by molar-refractivity contribution is -0.122. The zero-order valence-corrected chi connectivity index (χ0v) is 19.3. The summed E-state index contributed by atoms with van der Waals surface area (Å²) in [7, 11) is 1.51. The predicted molar refractivity (Wildman–Crippen MR) is 129 cm³/mol. The van der Waals surface area contributed by atoms with Crippen LogP contribution in [0, 0.1) is 6.92 Å². The molecule has 8 heteroatoms. The van der Waals surface area contributed by atoms with Crippen molar-refractivity contribution in [3.8, 4) is 11.5 Å². The van der Waals surface area contributed by atoms with E-state index in [9.17, 15) is 14.4 Å². The van der Waals surface area contributed by atoms with E-state index in [1.165, 1.54) is 13.2 Å². The molecule has 4 amide bonds. The summed E-state index contributed by atoms with van der Waals surface area (Å²) in [6, 6.07) is 18.4. The fourth-order valence-electron chi connectivity index (χ4n) is 3.48. The number of ether oxygens (including phenoxy) is 2. The maximum absolute atomic E-state index is 13.0. The Kier molecular flexibility index (Phi) is 6.65. The fraction of sp³-hybridized carbons (Fsp3) is 0.115. The first-order chi connectivity index (χ1) is 16.4. The van der Waals surface area contributed by atoms with Crippen LogP contribution in [0.1, 0.15) is 16.7 Å². The molecule has 0 radical (unpaired) electrons. The number of barbiturate groups is 1. The number of methoxy groups -OCH3 is 1. The van der Waals surface area contributed by atoms with Gasteiger partial charge in [0, 0.05) is 0 Å². The number of hydrogen-bond donors (Lipinski definition) is 1. The van der Waals surface area contributed by atoms with E-state index in [1.54, 1.807) is 42.5 Å². The standard InChI is InChI=1S/C26H21ClN2O5/c1-16-4-3-5-18(12-16)15-34-23-11-6-17(14-22(23)27)13-21-24(30)28-26(32)29(25(21)31)19-7-9-20(33-2)10-8-19/h3-14H,15H2,1-2H3,(H,28,30,32)/b21-13+. The molecule has 7 nitrogen and oxygen atoms in total. The van der Waals surface area contributed by atoms with E-state index in [0.29, 0.717) is 34.4 Å². The molecule has 0 aliphatic carbocycles. The van der Waals surface area contributed by atoms with Crippen LogP contribution >= 0.6 is 11.6 Å². The van der Waals surface area contributed by atoms with Crippen LogP contribution in [0.2, 0.25) is 5.02 Å². The average molecular weight is 477 g/mol. The molecule has 1 heterocycles. The molecule has 1 N–H and O–H groups in total. The van der Waals surface area contributed by atoms with E-state index in [-0.39, 0.29) is 5.57 Å². The first-order valence-electron chi connectivity index (χ1n) is 10.4. The van der Waals surface area contributed by atoms with Gasteiger partial charge >= 0.3 is 6.03 Å². The van der Waals surface area contributed by atoms with E-state index in [2.05, 4.69) is 5.32 Å². The van der Waals surface area contributed by atoms with Crippen molar-refractivity contribution in [2.75, 3.05) is 12.0 Å². The Hall–Kier alpha value is -4.10. The molecule has 0 atom stereocenters. The van der Waals surface area contributed by atoms with E-state index in [1.807, 2.05) is 31.2 Å². The molecule has 1 fully saturated rings. The maximum Gasteiger partial charge on any atom is 0.335 e. The summed E-state index contributed by atoms with van der Waals surface area (Å²) < 4.78 is 10.9. The van der Waals surface area contributed by atoms with Gasteiger partial charge in [0.05, 0.1) is 17.8 Å². The molecule has 1 saturated heterocycles. The topological polar surface area (TPSA) is 84.9 Å². The summed E-state index contributed by atoms with van der Waals surface area (Å²) >= 11 is 6.38. The number of amides is 4. The molecule has 4 rings (SSSR count). The summed E-state index contributed by atoms with van der Waals surface area (Å²) in [5.41, 5.74) is 2.76. The highest BCUT2D eigenvalue weighted by molar-refractivity contribution is 6.39. The Morgan fingerprint density at radius 3 is 2.44 bits per heavy atom. The third-order valence-corrected chi connectivity index (χ3v) is 5.47. The van der Waals surface area contributed by atoms with Crippen LogP contribution in [0.3, 0.4) is 0 Å². The number of nitrogens with zero attached hydrogens (tertiary/aromatic N) is 1. The molecule has 0 unspecified atom stereocenters. The maximum atomic E-state index is 13.0. The Labute approximate surface area is 201 Å². The number of carbonyl (C=O) groups excluding carboxylic acids is 3. The Balaban J connectivity index is 1.55.